The fourth-order valence-electron chi connectivity index (χ4n) is 1.75. The Bertz CT molecular complexity index is 194. The van der Waals surface area contributed by atoms with Crippen LogP contribution < -0.4 is 0 Å². The summed E-state index contributed by atoms with van der Waals surface area (Å²) in [6.07, 6.45) is 11.8. The van der Waals surface area contributed by atoms with Crippen molar-refractivity contribution in [1.29, 1.82) is 0 Å². The summed E-state index contributed by atoms with van der Waals surface area (Å²) in [5.74, 6) is 0. The van der Waals surface area contributed by atoms with Crippen LogP contribution in [-0.2, 0) is 0 Å². The van der Waals surface area contributed by atoms with E-state index in [1.165, 1.54) is 45.3 Å². The Balaban J connectivity index is 0.000000293. The van der Waals surface area contributed by atoms with Crippen LogP contribution >= 0.6 is 0 Å². The molecule has 0 aliphatic heterocycles. The largest absolute Gasteiger partial charge is 0.304 e. The maximum atomic E-state index is 2.38. The number of unbranched alkanes of at least 4 members (excludes halogenated alkanes) is 1. The van der Waals surface area contributed by atoms with Gasteiger partial charge < -0.3 is 4.90 Å². The first-order chi connectivity index (χ1) is 7.78. The summed E-state index contributed by atoms with van der Waals surface area (Å²) in [7, 11) is 0. The first-order valence-corrected chi connectivity index (χ1v) is 6.85. The fourth-order valence-corrected chi connectivity index (χ4v) is 1.75. The minimum absolute atomic E-state index is 1.19. The van der Waals surface area contributed by atoms with E-state index in [1.807, 2.05) is 0 Å². The van der Waals surface area contributed by atoms with Gasteiger partial charge >= 0.3 is 0 Å². The predicted molar refractivity (Wildman–Crippen MR) is 74.8 cm³/mol. The second kappa shape index (κ2) is 10.9. The predicted octanol–water partition coefficient (Wildman–Crippen LogP) is 4.41. The van der Waals surface area contributed by atoms with Gasteiger partial charge in [-0.05, 0) is 38.9 Å². The lowest BCUT2D eigenvalue weighted by Crippen LogP contribution is -2.21. The lowest BCUT2D eigenvalue weighted by molar-refractivity contribution is 0.321. The molecule has 1 rings (SSSR count). The number of rotatable bonds is 6. The van der Waals surface area contributed by atoms with E-state index in [9.17, 15) is 0 Å². The van der Waals surface area contributed by atoms with E-state index in [4.69, 9.17) is 0 Å². The van der Waals surface area contributed by atoms with Gasteiger partial charge in [-0.25, -0.2) is 0 Å². The topological polar surface area (TPSA) is 3.24 Å². The Morgan fingerprint density at radius 2 is 1.69 bits per heavy atom. The van der Waals surface area contributed by atoms with Crippen molar-refractivity contribution in [2.75, 3.05) is 19.6 Å². The minimum Gasteiger partial charge on any atom is -0.304 e. The van der Waals surface area contributed by atoms with Crippen LogP contribution in [0.1, 0.15) is 53.4 Å². The van der Waals surface area contributed by atoms with Gasteiger partial charge in [0, 0.05) is 0 Å². The summed E-state index contributed by atoms with van der Waals surface area (Å²) < 4.78 is 0. The zero-order valence-corrected chi connectivity index (χ0v) is 11.6. The zero-order valence-electron chi connectivity index (χ0n) is 11.6. The second-order valence-electron chi connectivity index (χ2n) is 4.18. The van der Waals surface area contributed by atoms with Crippen LogP contribution in [0.15, 0.2) is 23.8 Å². The van der Waals surface area contributed by atoms with Gasteiger partial charge in [0.1, 0.15) is 0 Å². The van der Waals surface area contributed by atoms with E-state index in [2.05, 4.69) is 50.8 Å². The lowest BCUT2D eigenvalue weighted by atomic mass is 10.1. The van der Waals surface area contributed by atoms with Gasteiger partial charge in [-0.2, -0.15) is 0 Å². The third kappa shape index (κ3) is 7.70. The third-order valence-corrected chi connectivity index (χ3v) is 3.04. The highest BCUT2D eigenvalue weighted by atomic mass is 15.1. The summed E-state index contributed by atoms with van der Waals surface area (Å²) in [6.45, 7) is 12.4. The van der Waals surface area contributed by atoms with Crippen molar-refractivity contribution in [3.8, 4) is 0 Å². The highest BCUT2D eigenvalue weighted by molar-refractivity contribution is 5.22. The summed E-state index contributed by atoms with van der Waals surface area (Å²) >= 11 is 0. The molecule has 1 aliphatic carbocycles. The van der Waals surface area contributed by atoms with Crippen molar-refractivity contribution < 1.29 is 0 Å². The molecule has 0 amide bonds. The molecule has 0 fully saturated rings. The first-order valence-electron chi connectivity index (χ1n) is 6.85. The van der Waals surface area contributed by atoms with Crippen LogP contribution in [-0.4, -0.2) is 24.5 Å². The summed E-state index contributed by atoms with van der Waals surface area (Å²) in [4.78, 5) is 2.38. The number of allylic oxidation sites excluding steroid dienone is 4. The molecule has 0 aromatic heterocycles. The lowest BCUT2D eigenvalue weighted by Gasteiger charge is -2.13. The van der Waals surface area contributed by atoms with Crippen LogP contribution in [0.25, 0.3) is 0 Å². The molecule has 1 nitrogen and oxygen atoms in total. The van der Waals surface area contributed by atoms with Crippen molar-refractivity contribution in [2.24, 2.45) is 0 Å². The number of hydrogen-bond donors (Lipinski definition) is 0. The fraction of sp³-hybridized carbons (Fsp3) is 0.733. The van der Waals surface area contributed by atoms with E-state index >= 15 is 0 Å². The number of nitrogens with zero attached hydrogens (tertiary/aromatic N) is 1. The van der Waals surface area contributed by atoms with Crippen LogP contribution in [0.2, 0.25) is 0 Å². The molecule has 1 heteroatoms. The molecular formula is C15H29N. The molecule has 1 aliphatic rings. The third-order valence-electron chi connectivity index (χ3n) is 3.04. The maximum absolute atomic E-state index is 2.38. The Kier molecular flexibility index (Phi) is 10.6. The van der Waals surface area contributed by atoms with Crippen LogP contribution in [0.5, 0.6) is 0 Å². The van der Waals surface area contributed by atoms with E-state index in [0.29, 0.717) is 0 Å². The smallest absolute Gasteiger partial charge is 0.00474 e. The molecule has 0 atom stereocenters. The first kappa shape index (κ1) is 15.4. The van der Waals surface area contributed by atoms with Gasteiger partial charge in [0.05, 0.1) is 0 Å². The molecule has 0 unspecified atom stereocenters. The molecule has 0 saturated carbocycles. The molecule has 0 heterocycles. The average molecular weight is 223 g/mol. The molecule has 0 bridgehead atoms. The van der Waals surface area contributed by atoms with E-state index in [1.54, 1.807) is 5.57 Å². The van der Waals surface area contributed by atoms with Gasteiger partial charge in [-0.15, -0.1) is 0 Å². The molecule has 0 N–H and O–H groups in total. The molecule has 0 spiro atoms. The highest BCUT2D eigenvalue weighted by Gasteiger charge is 1.96. The Morgan fingerprint density at radius 1 is 1.06 bits per heavy atom. The van der Waals surface area contributed by atoms with Gasteiger partial charge in [0.25, 0.3) is 0 Å². The van der Waals surface area contributed by atoms with Gasteiger partial charge in [-0.3, -0.25) is 0 Å². The zero-order chi connectivity index (χ0) is 12.2. The summed E-state index contributed by atoms with van der Waals surface area (Å²) in [5, 5.41) is 0. The van der Waals surface area contributed by atoms with E-state index in [0.717, 1.165) is 0 Å². The van der Waals surface area contributed by atoms with Crippen LogP contribution in [0, 0.1) is 0 Å². The van der Waals surface area contributed by atoms with Crippen molar-refractivity contribution in [1.82, 2.24) is 4.90 Å². The van der Waals surface area contributed by atoms with E-state index in [-0.39, 0.29) is 0 Å². The maximum Gasteiger partial charge on any atom is -0.00474 e. The minimum atomic E-state index is 1.19. The molecule has 0 saturated heterocycles. The van der Waals surface area contributed by atoms with Crippen LogP contribution in [0.4, 0.5) is 0 Å². The van der Waals surface area contributed by atoms with Crippen molar-refractivity contribution >= 4 is 0 Å². The van der Waals surface area contributed by atoms with Gasteiger partial charge in [-0.1, -0.05) is 57.9 Å². The van der Waals surface area contributed by atoms with Gasteiger partial charge in [0.15, 0.2) is 0 Å². The Morgan fingerprint density at radius 3 is 2.00 bits per heavy atom. The van der Waals surface area contributed by atoms with Gasteiger partial charge in [0.2, 0.25) is 0 Å². The molecule has 0 aromatic rings. The molecule has 0 aromatic carbocycles. The van der Waals surface area contributed by atoms with Crippen LogP contribution in [0.3, 0.4) is 0 Å². The molecule has 94 valence electrons. The molecule has 16 heavy (non-hydrogen) atoms. The number of hydrogen-bond acceptors (Lipinski definition) is 1. The second-order valence-corrected chi connectivity index (χ2v) is 4.18. The summed E-state index contributed by atoms with van der Waals surface area (Å²) in [6, 6.07) is 0. The Labute approximate surface area is 102 Å². The molecular weight excluding hydrogens is 194 g/mol. The Hall–Kier alpha value is -0.560. The van der Waals surface area contributed by atoms with E-state index < -0.39 is 0 Å². The summed E-state index contributed by atoms with van der Waals surface area (Å²) in [5.41, 5.74) is 1.61. The van der Waals surface area contributed by atoms with Crippen molar-refractivity contribution in [3.63, 3.8) is 0 Å². The van der Waals surface area contributed by atoms with Crippen molar-refractivity contribution in [2.45, 2.75) is 53.4 Å². The quantitative estimate of drug-likeness (QED) is 0.644. The monoisotopic (exact) mass is 223 g/mol. The van der Waals surface area contributed by atoms with Crippen molar-refractivity contribution in [3.05, 3.63) is 23.8 Å². The highest BCUT2D eigenvalue weighted by Crippen LogP contribution is 2.16. The average Bonchev–Trinajstić information content (AvgIpc) is 2.82. The standard InChI is InChI=1S/C9H14.C6H15N/c1-2-3-6-9-7-4-5-8-9;1-4-7(5-2)6-3/h4-5,7H,2-3,6,8H2,1H3;4-6H2,1-3H3. The molecule has 0 radical (unpaired) electrons. The normalized spacial score (nSPS) is 13.7. The SMILES string of the molecule is CCCCC1=CC=CC1.CCN(CC)CC.